The Morgan fingerprint density at radius 1 is 1.17 bits per heavy atom. The van der Waals surface area contributed by atoms with E-state index in [9.17, 15) is 24.9 Å². The minimum absolute atomic E-state index is 0.167. The molecule has 0 unspecified atom stereocenters. The summed E-state index contributed by atoms with van der Waals surface area (Å²) >= 11 is 0. The van der Waals surface area contributed by atoms with Crippen molar-refractivity contribution in [2.45, 2.75) is 89.0 Å². The fraction of sp³-hybridized carbons (Fsp3) is 0.643. The maximum absolute atomic E-state index is 13.8. The summed E-state index contributed by atoms with van der Waals surface area (Å²) in [4.78, 5) is 26.7. The van der Waals surface area contributed by atoms with E-state index in [-0.39, 0.29) is 6.42 Å². The summed E-state index contributed by atoms with van der Waals surface area (Å²) in [6.45, 7) is 12.0. The molecule has 2 aliphatic carbocycles. The third-order valence-corrected chi connectivity index (χ3v) is 9.10. The number of ether oxygens (including phenoxy) is 3. The van der Waals surface area contributed by atoms with Crippen LogP contribution in [-0.4, -0.2) is 68.8 Å². The highest BCUT2D eigenvalue weighted by molar-refractivity contribution is 5.92. The molecule has 0 spiro atoms. The van der Waals surface area contributed by atoms with Crippen molar-refractivity contribution in [2.24, 2.45) is 16.7 Å². The number of carbonyl (C=O) groups excluding carboxylic acids is 2. The van der Waals surface area contributed by atoms with Crippen LogP contribution in [0.2, 0.25) is 0 Å². The van der Waals surface area contributed by atoms with E-state index in [1.165, 1.54) is 13.0 Å². The smallest absolute Gasteiger partial charge is 0.344 e. The molecule has 0 bridgehead atoms. The lowest BCUT2D eigenvalue weighted by Crippen LogP contribution is -2.86. The Hall–Kier alpha value is -2.26. The van der Waals surface area contributed by atoms with Crippen molar-refractivity contribution in [3.63, 3.8) is 0 Å². The zero-order chi connectivity index (χ0) is 26.7. The number of hydrogen-bond acceptors (Lipinski definition) is 8. The maximum atomic E-state index is 13.8. The van der Waals surface area contributed by atoms with E-state index in [1.54, 1.807) is 38.1 Å². The monoisotopic (exact) mass is 502 g/mol. The molecule has 1 aromatic rings. The molecule has 3 aliphatic rings. The van der Waals surface area contributed by atoms with Gasteiger partial charge in [-0.15, -0.1) is 6.58 Å². The van der Waals surface area contributed by atoms with Crippen LogP contribution in [0.25, 0.3) is 0 Å². The Kier molecular flexibility index (Phi) is 6.44. The number of rotatable bonds is 5. The first kappa shape index (κ1) is 26.8. The predicted octanol–water partition coefficient (Wildman–Crippen LogP) is 2.58. The van der Waals surface area contributed by atoms with Crippen LogP contribution in [0.4, 0.5) is 0 Å². The number of carbonyl (C=O) groups is 2. The Labute approximate surface area is 212 Å². The number of para-hydroxylation sites is 1. The van der Waals surface area contributed by atoms with Gasteiger partial charge in [-0.25, -0.2) is 4.79 Å². The van der Waals surface area contributed by atoms with E-state index >= 15 is 0 Å². The van der Waals surface area contributed by atoms with E-state index in [4.69, 9.17) is 14.2 Å². The second-order valence-corrected chi connectivity index (χ2v) is 11.8. The van der Waals surface area contributed by atoms with Gasteiger partial charge < -0.3 is 29.5 Å². The van der Waals surface area contributed by atoms with Crippen LogP contribution in [-0.2, 0) is 19.1 Å². The molecule has 1 heterocycles. The van der Waals surface area contributed by atoms with Gasteiger partial charge in [0.2, 0.25) is 0 Å². The molecular formula is C28H38O8. The molecule has 8 heteroatoms. The molecule has 36 heavy (non-hydrogen) atoms. The normalized spacial score (nSPS) is 43.6. The molecule has 1 aliphatic heterocycles. The van der Waals surface area contributed by atoms with Gasteiger partial charge in [0.05, 0.1) is 11.7 Å². The van der Waals surface area contributed by atoms with Gasteiger partial charge in [0, 0.05) is 17.8 Å². The molecular weight excluding hydrogens is 464 g/mol. The number of aliphatic hydroxyl groups excluding tert-OH is 2. The fourth-order valence-corrected chi connectivity index (χ4v) is 7.25. The Morgan fingerprint density at radius 2 is 1.81 bits per heavy atom. The van der Waals surface area contributed by atoms with Gasteiger partial charge in [-0.1, -0.05) is 45.0 Å². The summed E-state index contributed by atoms with van der Waals surface area (Å²) < 4.78 is 17.7. The molecule has 198 valence electrons. The molecule has 0 aromatic heterocycles. The molecule has 3 fully saturated rings. The lowest BCUT2D eigenvalue weighted by Gasteiger charge is -2.71. The fourth-order valence-electron chi connectivity index (χ4n) is 7.25. The average Bonchev–Trinajstić information content (AvgIpc) is 2.82. The highest BCUT2D eigenvalue weighted by Crippen LogP contribution is 2.67. The van der Waals surface area contributed by atoms with Crippen LogP contribution in [0, 0.1) is 16.7 Å². The third kappa shape index (κ3) is 3.64. The quantitative estimate of drug-likeness (QED) is 0.415. The van der Waals surface area contributed by atoms with Gasteiger partial charge in [0.15, 0.2) is 18.0 Å². The lowest BCUT2D eigenvalue weighted by atomic mass is 9.40. The van der Waals surface area contributed by atoms with E-state index in [1.807, 2.05) is 19.9 Å². The second-order valence-electron chi connectivity index (χ2n) is 11.8. The molecule has 1 saturated heterocycles. The number of esters is 1. The maximum Gasteiger partial charge on any atom is 0.344 e. The number of ketones is 1. The average molecular weight is 503 g/mol. The zero-order valence-electron chi connectivity index (χ0n) is 21.7. The molecule has 8 nitrogen and oxygen atoms in total. The number of fused-ring (bicyclic) bond motifs is 3. The third-order valence-electron chi connectivity index (χ3n) is 9.10. The first-order valence-electron chi connectivity index (χ1n) is 12.5. The van der Waals surface area contributed by atoms with Gasteiger partial charge >= 0.3 is 5.97 Å². The Morgan fingerprint density at radius 3 is 2.42 bits per heavy atom. The summed E-state index contributed by atoms with van der Waals surface area (Å²) in [5, 5.41) is 35.4. The summed E-state index contributed by atoms with van der Waals surface area (Å²) in [5.74, 6) is -1.53. The van der Waals surface area contributed by atoms with Gasteiger partial charge in [-0.05, 0) is 44.2 Å². The van der Waals surface area contributed by atoms with Crippen molar-refractivity contribution in [3.05, 3.63) is 43.0 Å². The Bertz CT molecular complexity index is 1040. The standard InChI is InChI=1S/C28H38O8/c1-7-25(4)15-19(30)28(33)26(5)18(29)13-14-24(2,3)22(26)21(23(32)27(28,6)36-25)35-20(31)16-34-17-11-9-8-10-12-17/h7-12,18,21-23,29,32-33H,1,13-16H2,2-6H3/t18-,21-,22-,23-,25-,26-,27+,28-/m0/s1. The van der Waals surface area contributed by atoms with Crippen LogP contribution in [0.3, 0.4) is 0 Å². The highest BCUT2D eigenvalue weighted by Gasteiger charge is 2.81. The first-order valence-corrected chi connectivity index (χ1v) is 12.5. The number of benzene rings is 1. The molecule has 0 radical (unpaired) electrons. The summed E-state index contributed by atoms with van der Waals surface area (Å²) in [6.07, 6.45) is -1.69. The van der Waals surface area contributed by atoms with Gasteiger partial charge in [0.25, 0.3) is 0 Å². The van der Waals surface area contributed by atoms with Crippen molar-refractivity contribution in [3.8, 4) is 5.75 Å². The van der Waals surface area contributed by atoms with Gasteiger partial charge in [0.1, 0.15) is 23.6 Å². The number of hydrogen-bond donors (Lipinski definition) is 3. The predicted molar refractivity (Wildman–Crippen MR) is 131 cm³/mol. The topological polar surface area (TPSA) is 123 Å². The van der Waals surface area contributed by atoms with E-state index < -0.39 is 70.2 Å². The molecule has 2 saturated carbocycles. The first-order chi connectivity index (χ1) is 16.7. The van der Waals surface area contributed by atoms with Crippen LogP contribution < -0.4 is 4.74 Å². The minimum atomic E-state index is -2.24. The van der Waals surface area contributed by atoms with Crippen molar-refractivity contribution in [1.29, 1.82) is 0 Å². The van der Waals surface area contributed by atoms with Crippen LogP contribution in [0.15, 0.2) is 43.0 Å². The molecule has 0 amide bonds. The van der Waals surface area contributed by atoms with E-state index in [0.29, 0.717) is 18.6 Å². The highest BCUT2D eigenvalue weighted by atomic mass is 16.6. The van der Waals surface area contributed by atoms with E-state index in [0.717, 1.165) is 0 Å². The summed E-state index contributed by atoms with van der Waals surface area (Å²) in [5.41, 5.74) is -7.38. The second kappa shape index (κ2) is 8.65. The van der Waals surface area contributed by atoms with Gasteiger partial charge in [-0.3, -0.25) is 4.79 Å². The minimum Gasteiger partial charge on any atom is -0.482 e. The van der Waals surface area contributed by atoms with Crippen molar-refractivity contribution >= 4 is 11.8 Å². The van der Waals surface area contributed by atoms with Crippen LogP contribution in [0.1, 0.15) is 53.9 Å². The summed E-state index contributed by atoms with van der Waals surface area (Å²) in [7, 11) is 0. The molecule has 4 rings (SSSR count). The van der Waals surface area contributed by atoms with E-state index in [2.05, 4.69) is 6.58 Å². The van der Waals surface area contributed by atoms with Crippen molar-refractivity contribution in [1.82, 2.24) is 0 Å². The molecule has 8 atom stereocenters. The van der Waals surface area contributed by atoms with Crippen LogP contribution in [0.5, 0.6) is 5.75 Å². The molecule has 1 aromatic carbocycles. The largest absolute Gasteiger partial charge is 0.482 e. The molecule has 3 N–H and O–H groups in total. The van der Waals surface area contributed by atoms with Crippen molar-refractivity contribution in [2.75, 3.05) is 6.61 Å². The number of aliphatic hydroxyl groups is 3. The van der Waals surface area contributed by atoms with Gasteiger partial charge in [-0.2, -0.15) is 0 Å². The van der Waals surface area contributed by atoms with Crippen molar-refractivity contribution < 1.29 is 39.1 Å². The SMILES string of the molecule is C=C[C@@]1(C)CC(=O)[C@]2(O)[C@@]3(C)[C@@H](O)CCC(C)(C)[C@@H]3[C@H](OC(=O)COc3ccccc3)[C@H](O)[C@@]2(C)O1. The number of Topliss-reactive ketones (excluding diaryl/α,β-unsaturated/α-hetero) is 1. The Balaban J connectivity index is 1.78. The summed E-state index contributed by atoms with van der Waals surface area (Å²) in [6, 6.07) is 8.79. The van der Waals surface area contributed by atoms with Crippen LogP contribution >= 0.6 is 0 Å². The zero-order valence-corrected chi connectivity index (χ0v) is 21.7. The lowest BCUT2D eigenvalue weighted by molar-refractivity contribution is -0.370.